The van der Waals surface area contributed by atoms with Gasteiger partial charge in [0.15, 0.2) is 0 Å². The number of carbonyl (C=O) groups excluding carboxylic acids is 1. The molecule has 1 amide bonds. The van der Waals surface area contributed by atoms with Gasteiger partial charge in [0, 0.05) is 19.1 Å². The molecule has 102 valence electrons. The molecule has 0 aromatic rings. The van der Waals surface area contributed by atoms with Crippen molar-refractivity contribution in [3.63, 3.8) is 0 Å². The first kappa shape index (κ1) is 16.4. The van der Waals surface area contributed by atoms with Crippen molar-refractivity contribution in [3.05, 3.63) is 0 Å². The number of carbonyl (C=O) groups is 1. The van der Waals surface area contributed by atoms with E-state index in [4.69, 9.17) is 5.73 Å². The summed E-state index contributed by atoms with van der Waals surface area (Å²) in [6.07, 6.45) is 2.05. The molecule has 0 aliphatic heterocycles. The smallest absolute Gasteiger partial charge is 0.237 e. The molecule has 0 spiro atoms. The van der Waals surface area contributed by atoms with Crippen molar-refractivity contribution in [2.45, 2.75) is 52.6 Å². The van der Waals surface area contributed by atoms with Gasteiger partial charge in [-0.25, -0.2) is 0 Å². The van der Waals surface area contributed by atoms with E-state index in [0.717, 1.165) is 19.4 Å². The molecule has 0 heterocycles. The fourth-order valence-electron chi connectivity index (χ4n) is 1.52. The minimum absolute atomic E-state index is 0.0306. The Labute approximate surface area is 106 Å². The van der Waals surface area contributed by atoms with Gasteiger partial charge in [0.1, 0.15) is 0 Å². The number of amides is 1. The van der Waals surface area contributed by atoms with E-state index < -0.39 is 0 Å². The molecular weight excluding hydrogens is 214 g/mol. The van der Waals surface area contributed by atoms with Crippen LogP contribution in [0.15, 0.2) is 0 Å². The zero-order valence-electron chi connectivity index (χ0n) is 12.0. The van der Waals surface area contributed by atoms with Crippen molar-refractivity contribution in [2.24, 2.45) is 11.7 Å². The molecule has 0 aromatic heterocycles. The Kier molecular flexibility index (Phi) is 8.17. The van der Waals surface area contributed by atoms with Crippen LogP contribution in [0.5, 0.6) is 0 Å². The minimum atomic E-state index is -0.381. The fourth-order valence-corrected chi connectivity index (χ4v) is 1.52. The molecular formula is C13H29N3O. The molecule has 0 saturated carbocycles. The van der Waals surface area contributed by atoms with Crippen LogP contribution in [0.4, 0.5) is 0 Å². The number of nitrogens with zero attached hydrogens (tertiary/aromatic N) is 1. The predicted molar refractivity (Wildman–Crippen MR) is 72.8 cm³/mol. The van der Waals surface area contributed by atoms with Crippen molar-refractivity contribution in [1.29, 1.82) is 0 Å². The largest absolute Gasteiger partial charge is 0.353 e. The van der Waals surface area contributed by atoms with Gasteiger partial charge in [-0.3, -0.25) is 4.79 Å². The lowest BCUT2D eigenvalue weighted by atomic mass is 9.99. The maximum atomic E-state index is 11.7. The summed E-state index contributed by atoms with van der Waals surface area (Å²) < 4.78 is 0. The quantitative estimate of drug-likeness (QED) is 0.673. The van der Waals surface area contributed by atoms with Crippen LogP contribution in [0.1, 0.15) is 40.5 Å². The van der Waals surface area contributed by atoms with Gasteiger partial charge in [0.25, 0.3) is 0 Å². The van der Waals surface area contributed by atoms with Gasteiger partial charge in [-0.15, -0.1) is 0 Å². The second kappa shape index (κ2) is 8.48. The number of hydrogen-bond donors (Lipinski definition) is 2. The van der Waals surface area contributed by atoms with Gasteiger partial charge in [-0.05, 0) is 26.3 Å². The van der Waals surface area contributed by atoms with E-state index in [0.29, 0.717) is 12.6 Å². The zero-order valence-corrected chi connectivity index (χ0v) is 12.0. The zero-order chi connectivity index (χ0) is 13.4. The Bertz CT molecular complexity index is 221. The summed E-state index contributed by atoms with van der Waals surface area (Å²) in [6.45, 7) is 9.95. The van der Waals surface area contributed by atoms with Crippen LogP contribution >= 0.6 is 0 Å². The van der Waals surface area contributed by atoms with Crippen LogP contribution in [0.3, 0.4) is 0 Å². The SMILES string of the molecule is CCC(C)[C@H](N)C(=O)NCCN(C)C(C)CC. The van der Waals surface area contributed by atoms with Crippen LogP contribution < -0.4 is 11.1 Å². The highest BCUT2D eigenvalue weighted by Gasteiger charge is 2.18. The minimum Gasteiger partial charge on any atom is -0.353 e. The average Bonchev–Trinajstić information content (AvgIpc) is 2.35. The maximum Gasteiger partial charge on any atom is 0.237 e. The van der Waals surface area contributed by atoms with Gasteiger partial charge < -0.3 is 16.0 Å². The highest BCUT2D eigenvalue weighted by Crippen LogP contribution is 2.05. The number of hydrogen-bond acceptors (Lipinski definition) is 3. The molecule has 17 heavy (non-hydrogen) atoms. The van der Waals surface area contributed by atoms with Crippen LogP contribution in [0.2, 0.25) is 0 Å². The molecule has 0 aromatic carbocycles. The fraction of sp³-hybridized carbons (Fsp3) is 0.923. The van der Waals surface area contributed by atoms with E-state index in [-0.39, 0.29) is 17.9 Å². The molecule has 0 saturated heterocycles. The molecule has 3 N–H and O–H groups in total. The lowest BCUT2D eigenvalue weighted by Crippen LogP contribution is -2.46. The maximum absolute atomic E-state index is 11.7. The van der Waals surface area contributed by atoms with Crippen molar-refractivity contribution < 1.29 is 4.79 Å². The van der Waals surface area contributed by atoms with E-state index in [1.807, 2.05) is 6.92 Å². The third-order valence-corrected chi connectivity index (χ3v) is 3.67. The standard InChI is InChI=1S/C13H29N3O/c1-6-10(3)12(14)13(17)15-8-9-16(5)11(4)7-2/h10-12H,6-9,14H2,1-5H3,(H,15,17)/t10?,11?,12-/m0/s1. The van der Waals surface area contributed by atoms with Crippen LogP contribution in [0.25, 0.3) is 0 Å². The van der Waals surface area contributed by atoms with Gasteiger partial charge in [-0.2, -0.15) is 0 Å². The van der Waals surface area contributed by atoms with Crippen LogP contribution in [0, 0.1) is 5.92 Å². The highest BCUT2D eigenvalue weighted by atomic mass is 16.2. The molecule has 4 nitrogen and oxygen atoms in total. The molecule has 2 unspecified atom stereocenters. The molecule has 0 aliphatic carbocycles. The van der Waals surface area contributed by atoms with Gasteiger partial charge in [-0.1, -0.05) is 27.2 Å². The first-order valence-electron chi connectivity index (χ1n) is 6.67. The summed E-state index contributed by atoms with van der Waals surface area (Å²) in [5.41, 5.74) is 5.85. The summed E-state index contributed by atoms with van der Waals surface area (Å²) in [4.78, 5) is 14.0. The highest BCUT2D eigenvalue weighted by molar-refractivity contribution is 5.81. The molecule has 0 rings (SSSR count). The monoisotopic (exact) mass is 243 g/mol. The van der Waals surface area contributed by atoms with Gasteiger partial charge in [0.05, 0.1) is 6.04 Å². The first-order chi connectivity index (χ1) is 7.93. The summed E-state index contributed by atoms with van der Waals surface area (Å²) in [5.74, 6) is 0.208. The summed E-state index contributed by atoms with van der Waals surface area (Å²) >= 11 is 0. The summed E-state index contributed by atoms with van der Waals surface area (Å²) in [7, 11) is 2.08. The number of nitrogens with two attached hydrogens (primary N) is 1. The van der Waals surface area contributed by atoms with Crippen molar-refractivity contribution in [3.8, 4) is 0 Å². The van der Waals surface area contributed by atoms with Crippen LogP contribution in [-0.4, -0.2) is 43.0 Å². The Balaban J connectivity index is 3.85. The summed E-state index contributed by atoms with van der Waals surface area (Å²) in [5, 5.41) is 2.90. The van der Waals surface area contributed by atoms with E-state index >= 15 is 0 Å². The van der Waals surface area contributed by atoms with E-state index in [2.05, 4.69) is 38.0 Å². The van der Waals surface area contributed by atoms with Crippen molar-refractivity contribution in [1.82, 2.24) is 10.2 Å². The Morgan fingerprint density at radius 3 is 2.35 bits per heavy atom. The second-order valence-corrected chi connectivity index (χ2v) is 4.94. The topological polar surface area (TPSA) is 58.4 Å². The first-order valence-corrected chi connectivity index (χ1v) is 6.67. The van der Waals surface area contributed by atoms with Gasteiger partial charge >= 0.3 is 0 Å². The van der Waals surface area contributed by atoms with E-state index in [1.54, 1.807) is 0 Å². The molecule has 0 bridgehead atoms. The molecule has 4 heteroatoms. The van der Waals surface area contributed by atoms with Crippen molar-refractivity contribution >= 4 is 5.91 Å². The lowest BCUT2D eigenvalue weighted by Gasteiger charge is -2.24. The van der Waals surface area contributed by atoms with Crippen molar-refractivity contribution in [2.75, 3.05) is 20.1 Å². The van der Waals surface area contributed by atoms with E-state index in [1.165, 1.54) is 0 Å². The Morgan fingerprint density at radius 1 is 1.29 bits per heavy atom. The Morgan fingerprint density at radius 2 is 1.88 bits per heavy atom. The lowest BCUT2D eigenvalue weighted by molar-refractivity contribution is -0.123. The summed E-state index contributed by atoms with van der Waals surface area (Å²) in [6, 6.07) is 0.170. The normalized spacial score (nSPS) is 16.6. The third kappa shape index (κ3) is 6.03. The predicted octanol–water partition coefficient (Wildman–Crippen LogP) is 1.21. The second-order valence-electron chi connectivity index (χ2n) is 4.94. The molecule has 0 aliphatic rings. The Hall–Kier alpha value is -0.610. The number of nitrogens with one attached hydrogen (secondary N) is 1. The van der Waals surface area contributed by atoms with E-state index in [9.17, 15) is 4.79 Å². The average molecular weight is 243 g/mol. The number of rotatable bonds is 8. The van der Waals surface area contributed by atoms with Crippen LogP contribution in [-0.2, 0) is 4.79 Å². The number of likely N-dealkylation sites (N-methyl/N-ethyl adjacent to an activating group) is 1. The molecule has 0 radical (unpaired) electrons. The van der Waals surface area contributed by atoms with Gasteiger partial charge in [0.2, 0.25) is 5.91 Å². The third-order valence-electron chi connectivity index (χ3n) is 3.67. The molecule has 3 atom stereocenters. The molecule has 0 fully saturated rings.